The molecule has 0 fully saturated rings. The van der Waals surface area contributed by atoms with E-state index < -0.39 is 12.7 Å². The molecule has 1 aromatic rings. The molecule has 0 spiro atoms. The van der Waals surface area contributed by atoms with E-state index in [0.717, 1.165) is 4.90 Å². The quantitative estimate of drug-likeness (QED) is 0.855. The third-order valence-electron chi connectivity index (χ3n) is 2.37. The number of carbonyl (C=O) groups is 1. The molecule has 0 saturated carbocycles. The van der Waals surface area contributed by atoms with Crippen LogP contribution in [0.1, 0.15) is 10.5 Å². The Morgan fingerprint density at radius 3 is 2.35 bits per heavy atom. The number of hydrogen-bond acceptors (Lipinski definition) is 5. The van der Waals surface area contributed by atoms with Gasteiger partial charge in [-0.2, -0.15) is 13.2 Å². The molecule has 1 heterocycles. The zero-order chi connectivity index (χ0) is 15.3. The summed E-state index contributed by atoms with van der Waals surface area (Å²) in [5.41, 5.74) is 5.35. The molecule has 1 aromatic heterocycles. The van der Waals surface area contributed by atoms with E-state index in [1.54, 1.807) is 14.1 Å². The summed E-state index contributed by atoms with van der Waals surface area (Å²) >= 11 is 0. The number of anilines is 1. The molecule has 0 radical (unpaired) electrons. The molecule has 0 aliphatic heterocycles. The van der Waals surface area contributed by atoms with Crippen LogP contribution in [0.25, 0.3) is 0 Å². The third kappa shape index (κ3) is 4.65. The van der Waals surface area contributed by atoms with Crippen molar-refractivity contribution in [2.45, 2.75) is 6.18 Å². The summed E-state index contributed by atoms with van der Waals surface area (Å²) in [6, 6.07) is 2.66. The van der Waals surface area contributed by atoms with Gasteiger partial charge in [-0.05, 0) is 12.1 Å². The summed E-state index contributed by atoms with van der Waals surface area (Å²) in [6.45, 7) is -1.12. The van der Waals surface area contributed by atoms with E-state index in [2.05, 4.69) is 10.2 Å². The molecule has 0 bridgehead atoms. The molecule has 2 N–H and O–H groups in total. The average Bonchev–Trinajstić information content (AvgIpc) is 2.36. The van der Waals surface area contributed by atoms with Crippen molar-refractivity contribution in [1.82, 2.24) is 15.1 Å². The highest BCUT2D eigenvalue weighted by Gasteiger charge is 2.31. The number of nitrogens with zero attached hydrogens (tertiary/aromatic N) is 4. The Morgan fingerprint density at radius 2 is 1.95 bits per heavy atom. The molecule has 0 unspecified atom stereocenters. The summed E-state index contributed by atoms with van der Waals surface area (Å²) in [4.78, 5) is 13.9. The first-order valence-corrected chi connectivity index (χ1v) is 5.81. The van der Waals surface area contributed by atoms with Crippen LogP contribution in [0, 0.1) is 0 Å². The van der Waals surface area contributed by atoms with Gasteiger partial charge in [-0.3, -0.25) is 4.79 Å². The minimum Gasteiger partial charge on any atom is -0.345 e. The molecule has 1 rings (SSSR count). The van der Waals surface area contributed by atoms with Crippen LogP contribution in [0.5, 0.6) is 0 Å². The largest absolute Gasteiger partial charge is 0.405 e. The van der Waals surface area contributed by atoms with Gasteiger partial charge in [-0.25, -0.2) is 0 Å². The molecule has 0 aromatic carbocycles. The monoisotopic (exact) mass is 291 g/mol. The summed E-state index contributed by atoms with van der Waals surface area (Å²) < 4.78 is 37.3. The smallest absolute Gasteiger partial charge is 0.345 e. The van der Waals surface area contributed by atoms with Crippen molar-refractivity contribution in [3.05, 3.63) is 17.8 Å². The van der Waals surface area contributed by atoms with Crippen molar-refractivity contribution in [3.8, 4) is 0 Å². The number of hydrogen-bond donors (Lipinski definition) is 1. The summed E-state index contributed by atoms with van der Waals surface area (Å²) in [6.07, 6.45) is -4.37. The van der Waals surface area contributed by atoms with Gasteiger partial charge in [0.25, 0.3) is 5.91 Å². The Balaban J connectivity index is 2.90. The Labute approximate surface area is 114 Å². The van der Waals surface area contributed by atoms with Crippen LogP contribution in [-0.2, 0) is 0 Å². The van der Waals surface area contributed by atoms with Crippen LogP contribution in [0.3, 0.4) is 0 Å². The van der Waals surface area contributed by atoms with Crippen LogP contribution in [-0.4, -0.2) is 60.9 Å². The Bertz CT molecular complexity index is 446. The lowest BCUT2D eigenvalue weighted by Crippen LogP contribution is -2.38. The second kappa shape index (κ2) is 6.51. The summed E-state index contributed by atoms with van der Waals surface area (Å²) in [5.74, 6) is -0.340. The number of rotatable bonds is 5. The standard InChI is InChI=1S/C11H16F3N5O/c1-18(2)10(20)8-3-4-9(17-16-8)19(6-5-15)7-11(12,13)14/h3-4H,5-7,15H2,1-2H3. The maximum Gasteiger partial charge on any atom is 0.405 e. The maximum atomic E-state index is 12.4. The molecule has 9 heteroatoms. The van der Waals surface area contributed by atoms with Gasteiger partial charge >= 0.3 is 6.18 Å². The molecule has 0 aliphatic rings. The van der Waals surface area contributed by atoms with Crippen LogP contribution < -0.4 is 10.6 Å². The van der Waals surface area contributed by atoms with Crippen molar-refractivity contribution in [2.24, 2.45) is 5.73 Å². The predicted octanol–water partition coefficient (Wildman–Crippen LogP) is 0.506. The van der Waals surface area contributed by atoms with E-state index in [0.29, 0.717) is 0 Å². The zero-order valence-corrected chi connectivity index (χ0v) is 11.2. The number of aromatic nitrogens is 2. The Hall–Kier alpha value is -1.90. The van der Waals surface area contributed by atoms with Crippen LogP contribution >= 0.6 is 0 Å². The molecule has 1 amide bonds. The fourth-order valence-corrected chi connectivity index (χ4v) is 1.48. The van der Waals surface area contributed by atoms with Crippen molar-refractivity contribution < 1.29 is 18.0 Å². The minimum atomic E-state index is -4.37. The number of amides is 1. The normalized spacial score (nSPS) is 11.3. The second-order valence-electron chi connectivity index (χ2n) is 4.30. The molecule has 0 aliphatic carbocycles. The number of halogens is 3. The van der Waals surface area contributed by atoms with Crippen LogP contribution in [0.4, 0.5) is 19.0 Å². The first-order chi connectivity index (χ1) is 9.24. The molecular weight excluding hydrogens is 275 g/mol. The molecule has 112 valence electrons. The zero-order valence-electron chi connectivity index (χ0n) is 11.2. The van der Waals surface area contributed by atoms with Crippen LogP contribution in [0.2, 0.25) is 0 Å². The number of carbonyl (C=O) groups excluding carboxylic acids is 1. The maximum absolute atomic E-state index is 12.4. The predicted molar refractivity (Wildman–Crippen MR) is 67.4 cm³/mol. The van der Waals surface area contributed by atoms with E-state index in [-0.39, 0.29) is 30.5 Å². The molecule has 6 nitrogen and oxygen atoms in total. The molecule has 20 heavy (non-hydrogen) atoms. The molecule has 0 saturated heterocycles. The topological polar surface area (TPSA) is 75.4 Å². The van der Waals surface area contributed by atoms with Gasteiger partial charge in [0, 0.05) is 27.2 Å². The SMILES string of the molecule is CN(C)C(=O)c1ccc(N(CCN)CC(F)(F)F)nn1. The fourth-order valence-electron chi connectivity index (χ4n) is 1.48. The second-order valence-corrected chi connectivity index (χ2v) is 4.30. The van der Waals surface area contributed by atoms with Gasteiger partial charge in [0.05, 0.1) is 0 Å². The molecule has 0 atom stereocenters. The first kappa shape index (κ1) is 16.2. The Kier molecular flexibility index (Phi) is 5.26. The van der Waals surface area contributed by atoms with Gasteiger partial charge in [0.1, 0.15) is 6.54 Å². The lowest BCUT2D eigenvalue weighted by molar-refractivity contribution is -0.119. The van der Waals surface area contributed by atoms with Crippen molar-refractivity contribution in [1.29, 1.82) is 0 Å². The van der Waals surface area contributed by atoms with Crippen LogP contribution in [0.15, 0.2) is 12.1 Å². The van der Waals surface area contributed by atoms with E-state index in [1.165, 1.54) is 17.0 Å². The molecular formula is C11H16F3N5O. The number of nitrogens with two attached hydrogens (primary N) is 1. The summed E-state index contributed by atoms with van der Waals surface area (Å²) in [5, 5.41) is 7.30. The highest BCUT2D eigenvalue weighted by molar-refractivity contribution is 5.91. The lowest BCUT2D eigenvalue weighted by atomic mass is 10.3. The van der Waals surface area contributed by atoms with E-state index in [1.807, 2.05) is 0 Å². The Morgan fingerprint density at radius 1 is 1.30 bits per heavy atom. The summed E-state index contributed by atoms with van der Waals surface area (Å²) in [7, 11) is 3.09. The number of alkyl halides is 3. The minimum absolute atomic E-state index is 0.00480. The first-order valence-electron chi connectivity index (χ1n) is 5.81. The van der Waals surface area contributed by atoms with E-state index >= 15 is 0 Å². The third-order valence-corrected chi connectivity index (χ3v) is 2.37. The van der Waals surface area contributed by atoms with E-state index in [4.69, 9.17) is 5.73 Å². The van der Waals surface area contributed by atoms with Gasteiger partial charge in [0.2, 0.25) is 0 Å². The van der Waals surface area contributed by atoms with Gasteiger partial charge in [0.15, 0.2) is 11.5 Å². The van der Waals surface area contributed by atoms with Crippen molar-refractivity contribution in [2.75, 3.05) is 38.6 Å². The lowest BCUT2D eigenvalue weighted by Gasteiger charge is -2.23. The highest BCUT2D eigenvalue weighted by atomic mass is 19.4. The van der Waals surface area contributed by atoms with E-state index in [9.17, 15) is 18.0 Å². The highest BCUT2D eigenvalue weighted by Crippen LogP contribution is 2.20. The average molecular weight is 291 g/mol. The van der Waals surface area contributed by atoms with Gasteiger partial charge in [-0.15, -0.1) is 10.2 Å². The van der Waals surface area contributed by atoms with Gasteiger partial charge < -0.3 is 15.5 Å². The van der Waals surface area contributed by atoms with Gasteiger partial charge in [-0.1, -0.05) is 0 Å². The van der Waals surface area contributed by atoms with Crippen molar-refractivity contribution >= 4 is 11.7 Å². The fraction of sp³-hybridized carbons (Fsp3) is 0.545. The van der Waals surface area contributed by atoms with Crippen molar-refractivity contribution in [3.63, 3.8) is 0 Å².